The first-order valence-electron chi connectivity index (χ1n) is 8.70. The summed E-state index contributed by atoms with van der Waals surface area (Å²) < 4.78 is 7.55. The average Bonchev–Trinajstić information content (AvgIpc) is 3.29. The first-order valence-corrected chi connectivity index (χ1v) is 8.70. The largest absolute Gasteiger partial charge is 0.376 e. The number of hydrogen-bond donors (Lipinski definition) is 1. The van der Waals surface area contributed by atoms with Gasteiger partial charge in [-0.2, -0.15) is 0 Å². The predicted molar refractivity (Wildman–Crippen MR) is 97.2 cm³/mol. The van der Waals surface area contributed by atoms with Gasteiger partial charge in [-0.3, -0.25) is 4.79 Å². The number of nitrogens with one attached hydrogen (secondary N) is 1. The molecule has 0 bridgehead atoms. The molecule has 4 rings (SSSR count). The molecule has 1 N–H and O–H groups in total. The molecule has 1 fully saturated rings. The summed E-state index contributed by atoms with van der Waals surface area (Å²) in [5.74, 6) is 0.796. The zero-order valence-electron chi connectivity index (χ0n) is 14.0. The van der Waals surface area contributed by atoms with Crippen LogP contribution >= 0.6 is 0 Å². The molecule has 1 aliphatic heterocycles. The van der Waals surface area contributed by atoms with E-state index in [1.54, 1.807) is 0 Å². The van der Waals surface area contributed by atoms with Crippen molar-refractivity contribution in [3.05, 3.63) is 54.6 Å². The highest BCUT2D eigenvalue weighted by Crippen LogP contribution is 2.24. The zero-order valence-corrected chi connectivity index (χ0v) is 14.0. The third kappa shape index (κ3) is 3.42. The van der Waals surface area contributed by atoms with Gasteiger partial charge in [-0.15, -0.1) is 0 Å². The van der Waals surface area contributed by atoms with Crippen LogP contribution in [0.1, 0.15) is 12.8 Å². The van der Waals surface area contributed by atoms with Crippen LogP contribution in [0.25, 0.3) is 22.4 Å². The fourth-order valence-corrected chi connectivity index (χ4v) is 3.28. The van der Waals surface area contributed by atoms with E-state index in [9.17, 15) is 4.79 Å². The van der Waals surface area contributed by atoms with Crippen molar-refractivity contribution in [2.75, 3.05) is 13.2 Å². The average molecular weight is 335 g/mol. The van der Waals surface area contributed by atoms with Crippen molar-refractivity contribution in [2.45, 2.75) is 25.5 Å². The Hall–Kier alpha value is -2.66. The van der Waals surface area contributed by atoms with Gasteiger partial charge >= 0.3 is 0 Å². The molecule has 1 saturated heterocycles. The van der Waals surface area contributed by atoms with Gasteiger partial charge in [0.05, 0.1) is 17.1 Å². The smallest absolute Gasteiger partial charge is 0.240 e. The Morgan fingerprint density at radius 1 is 1.16 bits per heavy atom. The van der Waals surface area contributed by atoms with Crippen LogP contribution in [-0.4, -0.2) is 34.7 Å². The van der Waals surface area contributed by atoms with E-state index in [1.807, 2.05) is 59.2 Å². The number of benzene rings is 2. The number of ether oxygens (including phenoxy) is 1. The summed E-state index contributed by atoms with van der Waals surface area (Å²) in [6.45, 7) is 1.62. The second kappa shape index (κ2) is 7.07. The van der Waals surface area contributed by atoms with E-state index in [2.05, 4.69) is 5.32 Å². The van der Waals surface area contributed by atoms with Crippen LogP contribution in [0.4, 0.5) is 0 Å². The van der Waals surface area contributed by atoms with Crippen LogP contribution in [0, 0.1) is 0 Å². The van der Waals surface area contributed by atoms with Crippen molar-refractivity contribution < 1.29 is 9.53 Å². The molecule has 5 nitrogen and oxygen atoms in total. The van der Waals surface area contributed by atoms with E-state index in [4.69, 9.17) is 9.72 Å². The van der Waals surface area contributed by atoms with Gasteiger partial charge in [0.15, 0.2) is 0 Å². The standard InChI is InChI=1S/C20H21N3O2/c24-19(21-13-16-9-6-12-25-16)14-23-18-11-5-4-10-17(18)22-20(23)15-7-2-1-3-8-15/h1-5,7-8,10-11,16H,6,9,12-14H2,(H,21,24). The Morgan fingerprint density at radius 2 is 1.96 bits per heavy atom. The molecular weight excluding hydrogens is 314 g/mol. The van der Waals surface area contributed by atoms with E-state index in [-0.39, 0.29) is 18.6 Å². The summed E-state index contributed by atoms with van der Waals surface area (Å²) in [7, 11) is 0. The van der Waals surface area contributed by atoms with Crippen molar-refractivity contribution in [1.82, 2.24) is 14.9 Å². The maximum atomic E-state index is 12.5. The second-order valence-corrected chi connectivity index (χ2v) is 6.32. The number of carbonyl (C=O) groups excluding carboxylic acids is 1. The molecule has 3 aromatic rings. The summed E-state index contributed by atoms with van der Waals surface area (Å²) in [5.41, 5.74) is 2.87. The summed E-state index contributed by atoms with van der Waals surface area (Å²) in [4.78, 5) is 17.2. The Labute approximate surface area is 146 Å². The molecule has 1 amide bonds. The third-order valence-corrected chi connectivity index (χ3v) is 4.54. The fourth-order valence-electron chi connectivity index (χ4n) is 3.28. The van der Waals surface area contributed by atoms with Crippen molar-refractivity contribution in [3.8, 4) is 11.4 Å². The molecule has 0 radical (unpaired) electrons. The molecule has 1 atom stereocenters. The number of fused-ring (bicyclic) bond motifs is 1. The second-order valence-electron chi connectivity index (χ2n) is 6.32. The third-order valence-electron chi connectivity index (χ3n) is 4.54. The van der Waals surface area contributed by atoms with E-state index < -0.39 is 0 Å². The van der Waals surface area contributed by atoms with Crippen LogP contribution in [-0.2, 0) is 16.1 Å². The van der Waals surface area contributed by atoms with E-state index in [1.165, 1.54) is 0 Å². The zero-order chi connectivity index (χ0) is 17.1. The Balaban J connectivity index is 1.60. The van der Waals surface area contributed by atoms with Crippen molar-refractivity contribution >= 4 is 16.9 Å². The van der Waals surface area contributed by atoms with E-state index in [0.29, 0.717) is 6.54 Å². The van der Waals surface area contributed by atoms with Gasteiger partial charge < -0.3 is 14.6 Å². The quantitative estimate of drug-likeness (QED) is 0.780. The molecule has 1 aliphatic rings. The van der Waals surface area contributed by atoms with Crippen molar-refractivity contribution in [3.63, 3.8) is 0 Å². The molecule has 128 valence electrons. The minimum atomic E-state index is -0.0177. The lowest BCUT2D eigenvalue weighted by atomic mass is 10.2. The number of carbonyl (C=O) groups is 1. The normalized spacial score (nSPS) is 17.0. The molecule has 2 aromatic carbocycles. The maximum absolute atomic E-state index is 12.5. The van der Waals surface area contributed by atoms with Gasteiger partial charge in [-0.05, 0) is 25.0 Å². The Kier molecular flexibility index (Phi) is 4.48. The minimum Gasteiger partial charge on any atom is -0.376 e. The van der Waals surface area contributed by atoms with Crippen LogP contribution in [0.3, 0.4) is 0 Å². The lowest BCUT2D eigenvalue weighted by Crippen LogP contribution is -2.34. The maximum Gasteiger partial charge on any atom is 0.240 e. The number of amides is 1. The van der Waals surface area contributed by atoms with Crippen LogP contribution in [0.5, 0.6) is 0 Å². The predicted octanol–water partition coefficient (Wildman–Crippen LogP) is 3.00. The summed E-state index contributed by atoms with van der Waals surface area (Å²) in [5, 5.41) is 2.99. The molecule has 2 heterocycles. The van der Waals surface area contributed by atoms with Crippen molar-refractivity contribution in [2.24, 2.45) is 0 Å². The van der Waals surface area contributed by atoms with Gasteiger partial charge in [0, 0.05) is 18.7 Å². The van der Waals surface area contributed by atoms with Gasteiger partial charge in [0.2, 0.25) is 5.91 Å². The summed E-state index contributed by atoms with van der Waals surface area (Å²) in [6.07, 6.45) is 2.24. The molecule has 0 aliphatic carbocycles. The first kappa shape index (κ1) is 15.8. The van der Waals surface area contributed by atoms with Gasteiger partial charge in [0.1, 0.15) is 12.4 Å². The number of hydrogen-bond acceptors (Lipinski definition) is 3. The van der Waals surface area contributed by atoms with Gasteiger partial charge in [0.25, 0.3) is 0 Å². The van der Waals surface area contributed by atoms with E-state index in [0.717, 1.165) is 41.9 Å². The Morgan fingerprint density at radius 3 is 2.76 bits per heavy atom. The SMILES string of the molecule is O=C(Cn1c(-c2ccccc2)nc2ccccc21)NCC1CCCO1. The van der Waals surface area contributed by atoms with Crippen molar-refractivity contribution in [1.29, 1.82) is 0 Å². The van der Waals surface area contributed by atoms with Crippen LogP contribution in [0.15, 0.2) is 54.6 Å². The minimum absolute atomic E-state index is 0.0177. The van der Waals surface area contributed by atoms with Gasteiger partial charge in [-0.25, -0.2) is 4.98 Å². The van der Waals surface area contributed by atoms with Crippen LogP contribution < -0.4 is 5.32 Å². The summed E-state index contributed by atoms with van der Waals surface area (Å²) >= 11 is 0. The van der Waals surface area contributed by atoms with Crippen LogP contribution in [0.2, 0.25) is 0 Å². The number of para-hydroxylation sites is 2. The highest BCUT2D eigenvalue weighted by atomic mass is 16.5. The molecule has 1 aromatic heterocycles. The number of aromatic nitrogens is 2. The highest BCUT2D eigenvalue weighted by Gasteiger charge is 2.18. The molecule has 0 saturated carbocycles. The topological polar surface area (TPSA) is 56.2 Å². The molecule has 1 unspecified atom stereocenters. The molecule has 25 heavy (non-hydrogen) atoms. The molecule has 5 heteroatoms. The Bertz CT molecular complexity index is 867. The number of nitrogens with zero attached hydrogens (tertiary/aromatic N) is 2. The lowest BCUT2D eigenvalue weighted by Gasteiger charge is -2.13. The number of rotatable bonds is 5. The lowest BCUT2D eigenvalue weighted by molar-refractivity contribution is -0.122. The molecular formula is C20H21N3O2. The fraction of sp³-hybridized carbons (Fsp3) is 0.300. The number of imidazole rings is 1. The monoisotopic (exact) mass is 335 g/mol. The summed E-state index contributed by atoms with van der Waals surface area (Å²) in [6, 6.07) is 17.9. The van der Waals surface area contributed by atoms with Gasteiger partial charge in [-0.1, -0.05) is 42.5 Å². The molecule has 0 spiro atoms. The highest BCUT2D eigenvalue weighted by molar-refractivity contribution is 5.84. The first-order chi connectivity index (χ1) is 12.3. The van der Waals surface area contributed by atoms with E-state index >= 15 is 0 Å².